The number of non-ortho nitro benzene ring substituents is 1. The van der Waals surface area contributed by atoms with E-state index in [1.807, 2.05) is 26.0 Å². The van der Waals surface area contributed by atoms with Crippen molar-refractivity contribution in [3.63, 3.8) is 0 Å². The van der Waals surface area contributed by atoms with Crippen LogP contribution in [0.2, 0.25) is 0 Å². The number of amides is 1. The molecule has 0 aliphatic carbocycles. The fourth-order valence-corrected chi connectivity index (χ4v) is 3.90. The van der Waals surface area contributed by atoms with E-state index in [-0.39, 0.29) is 11.6 Å². The molecule has 0 radical (unpaired) electrons. The average molecular weight is 419 g/mol. The van der Waals surface area contributed by atoms with Crippen LogP contribution in [0.1, 0.15) is 16.9 Å². The maximum atomic E-state index is 12.3. The molecule has 1 aliphatic rings. The summed E-state index contributed by atoms with van der Waals surface area (Å²) in [4.78, 5) is 27.6. The van der Waals surface area contributed by atoms with Gasteiger partial charge in [-0.2, -0.15) is 0 Å². The zero-order chi connectivity index (χ0) is 21.3. The lowest BCUT2D eigenvalue weighted by atomic mass is 10.1. The Labute approximate surface area is 176 Å². The number of nitro benzene ring substituents is 1. The molecule has 0 unspecified atom stereocenters. The number of hydrogen-bond donors (Lipinski definition) is 1. The van der Waals surface area contributed by atoms with Gasteiger partial charge in [0.1, 0.15) is 11.5 Å². The number of aliphatic imine (C=N–C) groups is 1. The number of thioether (sulfide) groups is 1. The van der Waals surface area contributed by atoms with Crippen molar-refractivity contribution in [2.24, 2.45) is 4.99 Å². The van der Waals surface area contributed by atoms with Crippen LogP contribution in [0.4, 0.5) is 11.4 Å². The first kappa shape index (κ1) is 19.7. The normalized spacial score (nSPS) is 16.3. The zero-order valence-electron chi connectivity index (χ0n) is 16.2. The van der Waals surface area contributed by atoms with E-state index in [2.05, 4.69) is 16.4 Å². The van der Waals surface area contributed by atoms with Gasteiger partial charge in [0.25, 0.3) is 11.6 Å². The van der Waals surface area contributed by atoms with E-state index in [1.165, 1.54) is 23.9 Å². The molecule has 7 nitrogen and oxygen atoms in total. The Morgan fingerprint density at radius 2 is 1.77 bits per heavy atom. The molecule has 0 atom stereocenters. The maximum Gasteiger partial charge on any atom is 0.269 e. The monoisotopic (exact) mass is 419 g/mol. The Morgan fingerprint density at radius 3 is 2.43 bits per heavy atom. The zero-order valence-corrected chi connectivity index (χ0v) is 17.0. The molecule has 0 bridgehead atoms. The summed E-state index contributed by atoms with van der Waals surface area (Å²) in [5.74, 6) is 0.828. The Hall–Kier alpha value is -3.65. The first-order chi connectivity index (χ1) is 14.4. The molecule has 1 saturated heterocycles. The molecule has 150 valence electrons. The fraction of sp³-hybridized carbons (Fsp3) is 0.0909. The lowest BCUT2D eigenvalue weighted by molar-refractivity contribution is -0.384. The van der Waals surface area contributed by atoms with Gasteiger partial charge in [0.2, 0.25) is 0 Å². The quantitative estimate of drug-likeness (QED) is 0.349. The van der Waals surface area contributed by atoms with E-state index >= 15 is 0 Å². The third-order valence-corrected chi connectivity index (χ3v) is 5.26. The summed E-state index contributed by atoms with van der Waals surface area (Å²) in [6, 6.07) is 15.6. The van der Waals surface area contributed by atoms with Gasteiger partial charge in [-0.25, -0.2) is 4.99 Å². The molecule has 1 aliphatic heterocycles. The predicted molar refractivity (Wildman–Crippen MR) is 118 cm³/mol. The van der Waals surface area contributed by atoms with E-state index in [0.29, 0.717) is 27.2 Å². The minimum absolute atomic E-state index is 0.0160. The maximum absolute atomic E-state index is 12.3. The largest absolute Gasteiger partial charge is 0.457 e. The number of carbonyl (C=O) groups is 1. The van der Waals surface area contributed by atoms with Gasteiger partial charge in [-0.3, -0.25) is 14.9 Å². The molecule has 30 heavy (non-hydrogen) atoms. The summed E-state index contributed by atoms with van der Waals surface area (Å²) in [7, 11) is 0. The fourth-order valence-electron chi connectivity index (χ4n) is 3.08. The summed E-state index contributed by atoms with van der Waals surface area (Å²) in [6.45, 7) is 4.00. The van der Waals surface area contributed by atoms with Crippen LogP contribution in [-0.4, -0.2) is 16.0 Å². The van der Waals surface area contributed by atoms with Crippen molar-refractivity contribution in [2.45, 2.75) is 13.8 Å². The summed E-state index contributed by atoms with van der Waals surface area (Å²) >= 11 is 1.25. The molecule has 3 aromatic rings. The summed E-state index contributed by atoms with van der Waals surface area (Å²) in [5, 5.41) is 14.1. The highest BCUT2D eigenvalue weighted by Crippen LogP contribution is 2.31. The van der Waals surface area contributed by atoms with Crippen LogP contribution in [0.25, 0.3) is 17.4 Å². The Kier molecular flexibility index (Phi) is 5.24. The molecular formula is C22H17N3O4S. The summed E-state index contributed by atoms with van der Waals surface area (Å²) in [5.41, 5.74) is 3.73. The molecule has 0 saturated carbocycles. The van der Waals surface area contributed by atoms with Gasteiger partial charge < -0.3 is 9.73 Å². The van der Waals surface area contributed by atoms with Crippen molar-refractivity contribution in [3.05, 3.63) is 86.5 Å². The SMILES string of the molecule is Cc1cc(C)cc(N=C2NC(=O)/C(=C\c3ccc(-c4ccc([N+](=O)[O-])cc4)o3)S2)c1. The second kappa shape index (κ2) is 8.00. The third-order valence-electron chi connectivity index (χ3n) is 4.35. The van der Waals surface area contributed by atoms with Crippen LogP contribution in [0, 0.1) is 24.0 Å². The van der Waals surface area contributed by atoms with Gasteiger partial charge in [0.05, 0.1) is 15.5 Å². The van der Waals surface area contributed by atoms with Crippen molar-refractivity contribution in [2.75, 3.05) is 0 Å². The highest BCUT2D eigenvalue weighted by molar-refractivity contribution is 8.18. The predicted octanol–water partition coefficient (Wildman–Crippen LogP) is 5.36. The van der Waals surface area contributed by atoms with Crippen LogP contribution in [0.5, 0.6) is 0 Å². The standard InChI is InChI=1S/C22H17N3O4S/c1-13-9-14(2)11-16(10-13)23-22-24-21(26)20(30-22)12-18-7-8-19(29-18)15-3-5-17(6-4-15)25(27)28/h3-12H,1-2H3,(H,23,24,26)/b20-12+. The molecule has 0 spiro atoms. The highest BCUT2D eigenvalue weighted by atomic mass is 32.2. The van der Waals surface area contributed by atoms with Gasteiger partial charge >= 0.3 is 0 Å². The number of nitro groups is 1. The molecule has 2 heterocycles. The van der Waals surface area contributed by atoms with Gasteiger partial charge in [0, 0.05) is 23.8 Å². The van der Waals surface area contributed by atoms with Crippen LogP contribution in [-0.2, 0) is 4.79 Å². The van der Waals surface area contributed by atoms with Crippen molar-refractivity contribution in [3.8, 4) is 11.3 Å². The number of carbonyl (C=O) groups excluding carboxylic acids is 1. The van der Waals surface area contributed by atoms with Crippen LogP contribution in [0.3, 0.4) is 0 Å². The topological polar surface area (TPSA) is 97.7 Å². The number of furan rings is 1. The number of nitrogens with zero attached hydrogens (tertiary/aromatic N) is 2. The highest BCUT2D eigenvalue weighted by Gasteiger charge is 2.24. The Bertz CT molecular complexity index is 1190. The van der Waals surface area contributed by atoms with E-state index in [4.69, 9.17) is 4.42 Å². The first-order valence-electron chi connectivity index (χ1n) is 9.10. The first-order valence-corrected chi connectivity index (χ1v) is 9.91. The molecular weight excluding hydrogens is 402 g/mol. The van der Waals surface area contributed by atoms with E-state index in [9.17, 15) is 14.9 Å². The van der Waals surface area contributed by atoms with Crippen LogP contribution >= 0.6 is 11.8 Å². The van der Waals surface area contributed by atoms with E-state index in [0.717, 1.165) is 16.8 Å². The Balaban J connectivity index is 1.53. The minimum atomic E-state index is -0.450. The van der Waals surface area contributed by atoms with Gasteiger partial charge in [-0.1, -0.05) is 6.07 Å². The van der Waals surface area contributed by atoms with Gasteiger partial charge in [-0.05, 0) is 73.1 Å². The molecule has 1 N–H and O–H groups in total. The number of nitrogens with one attached hydrogen (secondary N) is 1. The molecule has 4 rings (SSSR count). The molecule has 1 amide bonds. The number of rotatable bonds is 4. The Morgan fingerprint density at radius 1 is 1.07 bits per heavy atom. The second-order valence-electron chi connectivity index (χ2n) is 6.83. The number of amidine groups is 1. The van der Waals surface area contributed by atoms with E-state index < -0.39 is 4.92 Å². The van der Waals surface area contributed by atoms with E-state index in [1.54, 1.807) is 30.3 Å². The van der Waals surface area contributed by atoms with Gasteiger partial charge in [-0.15, -0.1) is 0 Å². The number of hydrogen-bond acceptors (Lipinski definition) is 6. The number of aryl methyl sites for hydroxylation is 2. The number of benzene rings is 2. The smallest absolute Gasteiger partial charge is 0.269 e. The van der Waals surface area contributed by atoms with Crippen molar-refractivity contribution < 1.29 is 14.1 Å². The van der Waals surface area contributed by atoms with Crippen molar-refractivity contribution >= 4 is 40.3 Å². The summed E-state index contributed by atoms with van der Waals surface area (Å²) < 4.78 is 5.79. The van der Waals surface area contributed by atoms with Gasteiger partial charge in [0.15, 0.2) is 5.17 Å². The molecule has 1 aromatic heterocycles. The lowest BCUT2D eigenvalue weighted by Crippen LogP contribution is -2.19. The summed E-state index contributed by atoms with van der Waals surface area (Å²) in [6.07, 6.45) is 1.65. The molecule has 1 fully saturated rings. The van der Waals surface area contributed by atoms with Crippen molar-refractivity contribution in [1.82, 2.24) is 5.32 Å². The average Bonchev–Trinajstić information content (AvgIpc) is 3.28. The van der Waals surface area contributed by atoms with Crippen molar-refractivity contribution in [1.29, 1.82) is 0 Å². The van der Waals surface area contributed by atoms with Crippen LogP contribution in [0.15, 0.2) is 68.9 Å². The lowest BCUT2D eigenvalue weighted by Gasteiger charge is -2.00. The second-order valence-corrected chi connectivity index (χ2v) is 7.86. The minimum Gasteiger partial charge on any atom is -0.457 e. The third kappa shape index (κ3) is 4.33. The molecule has 8 heteroatoms. The molecule has 2 aromatic carbocycles. The van der Waals surface area contributed by atoms with Crippen LogP contribution < -0.4 is 5.32 Å².